The second-order valence-corrected chi connectivity index (χ2v) is 6.92. The fourth-order valence-corrected chi connectivity index (χ4v) is 3.23. The number of aryl methyl sites for hydroxylation is 2. The summed E-state index contributed by atoms with van der Waals surface area (Å²) in [4.78, 5) is 38.0. The van der Waals surface area contributed by atoms with Crippen LogP contribution < -0.4 is 5.43 Å². The first kappa shape index (κ1) is 30.2. The van der Waals surface area contributed by atoms with Crippen molar-refractivity contribution in [1.29, 1.82) is 0 Å². The molecule has 2 heterocycles. The van der Waals surface area contributed by atoms with Crippen molar-refractivity contribution in [3.8, 4) is 0 Å². The van der Waals surface area contributed by atoms with Crippen molar-refractivity contribution in [2.24, 2.45) is 0 Å². The number of pyridine rings is 1. The molecule has 0 spiro atoms. The van der Waals surface area contributed by atoms with Crippen molar-refractivity contribution in [3.63, 3.8) is 0 Å². The molecule has 10 heteroatoms. The summed E-state index contributed by atoms with van der Waals surface area (Å²) in [5.74, 6) is -3.51. The summed E-state index contributed by atoms with van der Waals surface area (Å²) < 4.78 is 43.0. The minimum atomic E-state index is -2.68. The van der Waals surface area contributed by atoms with Crippen molar-refractivity contribution in [3.05, 3.63) is 33.2 Å². The van der Waals surface area contributed by atoms with Crippen LogP contribution in [0.2, 0.25) is 0 Å². The molecule has 33 heavy (non-hydrogen) atoms. The number of carbonyl (C=O) groups excluding carboxylic acids is 2. The van der Waals surface area contributed by atoms with Gasteiger partial charge in [-0.25, -0.2) is 18.6 Å². The molecule has 1 fully saturated rings. The molecule has 3 rings (SSSR count). The van der Waals surface area contributed by atoms with Gasteiger partial charge >= 0.3 is 5.97 Å². The molecule has 2 aromatic heterocycles. The summed E-state index contributed by atoms with van der Waals surface area (Å²) >= 11 is 0. The van der Waals surface area contributed by atoms with Crippen LogP contribution in [0.4, 0.5) is 13.2 Å². The number of ether oxygens (including phenoxy) is 1. The molecular formula is C23H34F3N3O4. The van der Waals surface area contributed by atoms with Crippen molar-refractivity contribution >= 4 is 23.3 Å². The molecule has 0 atom stereocenters. The molecule has 1 aliphatic rings. The Kier molecular flexibility index (Phi) is 13.2. The van der Waals surface area contributed by atoms with Gasteiger partial charge in [0.05, 0.1) is 25.3 Å². The van der Waals surface area contributed by atoms with E-state index in [9.17, 15) is 22.8 Å². The third-order valence-electron chi connectivity index (χ3n) is 4.83. The minimum Gasteiger partial charge on any atom is -0.461 e. The highest BCUT2D eigenvalue weighted by Gasteiger charge is 2.36. The number of nitrogens with zero attached hydrogens (tertiary/aromatic N) is 3. The van der Waals surface area contributed by atoms with E-state index in [1.165, 1.54) is 11.6 Å². The Hall–Kier alpha value is -2.78. The Morgan fingerprint density at radius 2 is 1.76 bits per heavy atom. The van der Waals surface area contributed by atoms with E-state index in [1.807, 2.05) is 20.8 Å². The van der Waals surface area contributed by atoms with E-state index in [1.54, 1.807) is 19.9 Å². The quantitative estimate of drug-likeness (QED) is 0.452. The molecule has 0 amide bonds. The van der Waals surface area contributed by atoms with Gasteiger partial charge in [-0.15, -0.1) is 0 Å². The summed E-state index contributed by atoms with van der Waals surface area (Å²) in [6.45, 7) is 10.8. The lowest BCUT2D eigenvalue weighted by Gasteiger charge is -2.30. The summed E-state index contributed by atoms with van der Waals surface area (Å²) in [5, 5.41) is 4.21. The Labute approximate surface area is 192 Å². The maximum absolute atomic E-state index is 13.5. The van der Waals surface area contributed by atoms with Gasteiger partial charge in [0.1, 0.15) is 11.8 Å². The minimum absolute atomic E-state index is 0.105. The van der Waals surface area contributed by atoms with Crippen molar-refractivity contribution < 1.29 is 27.5 Å². The molecule has 1 saturated carbocycles. The third kappa shape index (κ3) is 7.94. The van der Waals surface area contributed by atoms with Gasteiger partial charge in [-0.1, -0.05) is 13.8 Å². The van der Waals surface area contributed by atoms with Crippen LogP contribution in [-0.2, 0) is 9.53 Å². The Balaban J connectivity index is 0.00000132. The molecule has 0 bridgehead atoms. The van der Waals surface area contributed by atoms with Crippen molar-refractivity contribution in [2.75, 3.05) is 13.8 Å². The molecule has 0 radical (unpaired) electrons. The number of rotatable bonds is 3. The van der Waals surface area contributed by atoms with Crippen LogP contribution in [0, 0.1) is 13.8 Å². The van der Waals surface area contributed by atoms with Crippen LogP contribution in [0.15, 0.2) is 10.9 Å². The highest BCUT2D eigenvalue weighted by atomic mass is 19.3. The highest BCUT2D eigenvalue weighted by Crippen LogP contribution is 2.38. The van der Waals surface area contributed by atoms with E-state index in [4.69, 9.17) is 9.53 Å². The number of halogens is 3. The highest BCUT2D eigenvalue weighted by molar-refractivity contribution is 5.90. The van der Waals surface area contributed by atoms with Gasteiger partial charge in [-0.2, -0.15) is 5.10 Å². The van der Waals surface area contributed by atoms with Gasteiger partial charge in [0.15, 0.2) is 0 Å². The van der Waals surface area contributed by atoms with E-state index >= 15 is 0 Å². The number of aromatic nitrogens is 3. The fourth-order valence-electron chi connectivity index (χ4n) is 3.23. The van der Waals surface area contributed by atoms with Crippen LogP contribution in [-0.4, -0.2) is 46.7 Å². The lowest BCUT2D eigenvalue weighted by Crippen LogP contribution is -2.31. The number of aldehydes is 1. The average molecular weight is 474 g/mol. The number of esters is 1. The molecule has 7 nitrogen and oxygen atoms in total. The zero-order chi connectivity index (χ0) is 25.8. The lowest BCUT2D eigenvalue weighted by molar-refractivity contribution is -0.106. The summed E-state index contributed by atoms with van der Waals surface area (Å²) in [5.41, 5.74) is 1.14. The molecule has 0 aliphatic heterocycles. The topological polar surface area (TPSA) is 91.2 Å². The Morgan fingerprint density at radius 1 is 1.24 bits per heavy atom. The van der Waals surface area contributed by atoms with Crippen LogP contribution in [0.3, 0.4) is 0 Å². The zero-order valence-electron chi connectivity index (χ0n) is 20.4. The largest absolute Gasteiger partial charge is 0.461 e. The number of hydrogen-bond acceptors (Lipinski definition) is 6. The van der Waals surface area contributed by atoms with Gasteiger partial charge < -0.3 is 9.53 Å². The number of alkyl halides is 3. The lowest BCUT2D eigenvalue weighted by atomic mass is 9.92. The normalized spacial score (nSPS) is 14.5. The van der Waals surface area contributed by atoms with Crippen LogP contribution >= 0.6 is 0 Å². The van der Waals surface area contributed by atoms with Gasteiger partial charge in [0, 0.05) is 18.5 Å². The number of fused-ring (bicyclic) bond motifs is 1. The predicted molar refractivity (Wildman–Crippen MR) is 122 cm³/mol. The Bertz CT molecular complexity index is 968. The van der Waals surface area contributed by atoms with Crippen molar-refractivity contribution in [1.82, 2.24) is 14.8 Å². The summed E-state index contributed by atoms with van der Waals surface area (Å²) in [6, 6.07) is 1.45. The Morgan fingerprint density at radius 3 is 2.24 bits per heavy atom. The van der Waals surface area contributed by atoms with E-state index in [0.717, 1.165) is 11.8 Å². The molecular weight excluding hydrogens is 439 g/mol. The van der Waals surface area contributed by atoms with E-state index in [-0.39, 0.29) is 49.5 Å². The SMILES string of the molecule is CC.CC=O.CCOC(=O)c1nn(C2CCC(F)(F)CC2)c2cc(C)c(C)nc2c1=O.CF. The second-order valence-electron chi connectivity index (χ2n) is 6.92. The first-order valence-electron chi connectivity index (χ1n) is 10.9. The van der Waals surface area contributed by atoms with E-state index < -0.39 is 17.3 Å². The molecule has 0 unspecified atom stereocenters. The molecule has 1 aliphatic carbocycles. The third-order valence-corrected chi connectivity index (χ3v) is 4.83. The van der Waals surface area contributed by atoms with Crippen molar-refractivity contribution in [2.45, 2.75) is 79.2 Å². The molecule has 0 saturated heterocycles. The van der Waals surface area contributed by atoms with Crippen LogP contribution in [0.5, 0.6) is 0 Å². The van der Waals surface area contributed by atoms with Crippen LogP contribution in [0.25, 0.3) is 11.0 Å². The number of hydrogen-bond donors (Lipinski definition) is 0. The molecule has 0 aromatic carbocycles. The summed E-state index contributed by atoms with van der Waals surface area (Å²) in [6.07, 6.45) is 0.681. The standard InChI is InChI=1S/C18H21F2N3O3.C2H4O.C2H6.CH3F/c1-4-26-17(25)15-16(24)14-13(9-10(2)11(3)21-14)23(22-15)12-5-7-18(19,20)8-6-12;1-2-3;2*1-2/h9,12H,4-8H2,1-3H3;2H,1H3;1-2H3;1H3. The zero-order valence-corrected chi connectivity index (χ0v) is 20.4. The second kappa shape index (κ2) is 14.4. The molecule has 0 N–H and O–H groups in total. The fraction of sp³-hybridized carbons (Fsp3) is 0.609. The van der Waals surface area contributed by atoms with E-state index in [0.29, 0.717) is 18.4 Å². The smallest absolute Gasteiger partial charge is 0.362 e. The molecule has 2 aromatic rings. The maximum atomic E-state index is 13.5. The predicted octanol–water partition coefficient (Wildman–Crippen LogP) is 5.15. The first-order valence-corrected chi connectivity index (χ1v) is 10.9. The molecule has 186 valence electrons. The van der Waals surface area contributed by atoms with Gasteiger partial charge in [-0.05, 0) is 52.2 Å². The number of carbonyl (C=O) groups is 2. The van der Waals surface area contributed by atoms with Gasteiger partial charge in [0.2, 0.25) is 17.0 Å². The van der Waals surface area contributed by atoms with Gasteiger partial charge in [0.25, 0.3) is 0 Å². The van der Waals surface area contributed by atoms with Crippen LogP contribution in [0.1, 0.15) is 81.2 Å². The summed E-state index contributed by atoms with van der Waals surface area (Å²) in [7, 11) is 0.500. The van der Waals surface area contributed by atoms with Gasteiger partial charge in [-0.3, -0.25) is 13.9 Å². The maximum Gasteiger partial charge on any atom is 0.362 e. The first-order chi connectivity index (χ1) is 15.6. The van der Waals surface area contributed by atoms with E-state index in [2.05, 4.69) is 10.1 Å². The monoisotopic (exact) mass is 473 g/mol. The average Bonchev–Trinajstić information content (AvgIpc) is 2.79.